The summed E-state index contributed by atoms with van der Waals surface area (Å²) in [5.74, 6) is 1.80. The van der Waals surface area contributed by atoms with Crippen LogP contribution in [0.1, 0.15) is 18.9 Å². The zero-order chi connectivity index (χ0) is 20.1. The minimum atomic E-state index is -0.0744. The molecule has 4 rings (SSSR count). The van der Waals surface area contributed by atoms with Crippen LogP contribution in [0.25, 0.3) is 6.08 Å². The van der Waals surface area contributed by atoms with Gasteiger partial charge < -0.3 is 24.3 Å². The fourth-order valence-electron chi connectivity index (χ4n) is 4.25. The van der Waals surface area contributed by atoms with Crippen molar-refractivity contribution >= 4 is 12.0 Å². The number of benzene rings is 1. The Balaban J connectivity index is 1.42. The predicted molar refractivity (Wildman–Crippen MR) is 109 cm³/mol. The summed E-state index contributed by atoms with van der Waals surface area (Å²) in [5, 5.41) is 3.14. The van der Waals surface area contributed by atoms with E-state index >= 15 is 0 Å². The monoisotopic (exact) mass is 402 g/mol. The van der Waals surface area contributed by atoms with Crippen molar-refractivity contribution in [2.45, 2.75) is 19.4 Å². The van der Waals surface area contributed by atoms with Crippen molar-refractivity contribution in [2.75, 3.05) is 59.3 Å². The van der Waals surface area contributed by atoms with Crippen LogP contribution in [0.5, 0.6) is 11.5 Å². The van der Waals surface area contributed by atoms with E-state index in [4.69, 9.17) is 18.9 Å². The average Bonchev–Trinajstić information content (AvgIpc) is 3.29. The van der Waals surface area contributed by atoms with Gasteiger partial charge >= 0.3 is 0 Å². The summed E-state index contributed by atoms with van der Waals surface area (Å²) in [4.78, 5) is 15.3. The molecule has 2 fully saturated rings. The number of carbonyl (C=O) groups is 1. The van der Waals surface area contributed by atoms with E-state index in [1.165, 1.54) is 0 Å². The van der Waals surface area contributed by atoms with Gasteiger partial charge in [0.25, 0.3) is 5.91 Å². The molecular formula is C22H30N2O5. The standard InChI is InChI=1S/C22H30N2O5/c1-2-28-20-5-3-4-16-12-18(15-29-21(16)20)22(25)23-13-19(17-6-9-27-14-17)24-7-10-26-11-8-24/h3-5,12,17,19H,2,6-11,13-15H2,1H3,(H,23,25). The van der Waals surface area contributed by atoms with Gasteiger partial charge in [-0.15, -0.1) is 0 Å². The van der Waals surface area contributed by atoms with Crippen LogP contribution in [-0.4, -0.2) is 76.1 Å². The number of rotatable bonds is 7. The number of carbonyl (C=O) groups excluding carboxylic acids is 1. The molecule has 0 aromatic heterocycles. The fraction of sp³-hybridized carbons (Fsp3) is 0.591. The third kappa shape index (κ3) is 4.74. The van der Waals surface area contributed by atoms with Crippen molar-refractivity contribution in [1.82, 2.24) is 10.2 Å². The van der Waals surface area contributed by atoms with E-state index < -0.39 is 0 Å². The molecule has 2 unspecified atom stereocenters. The second kappa shape index (κ2) is 9.61. The van der Waals surface area contributed by atoms with Gasteiger partial charge in [0.15, 0.2) is 11.5 Å². The van der Waals surface area contributed by atoms with Gasteiger partial charge in [-0.3, -0.25) is 9.69 Å². The minimum absolute atomic E-state index is 0.0744. The Kier molecular flexibility index (Phi) is 6.69. The first-order chi connectivity index (χ1) is 14.3. The van der Waals surface area contributed by atoms with Crippen LogP contribution < -0.4 is 14.8 Å². The first-order valence-electron chi connectivity index (χ1n) is 10.5. The van der Waals surface area contributed by atoms with Crippen LogP contribution >= 0.6 is 0 Å². The van der Waals surface area contributed by atoms with E-state index in [1.807, 2.05) is 31.2 Å². The summed E-state index contributed by atoms with van der Waals surface area (Å²) < 4.78 is 22.6. The lowest BCUT2D eigenvalue weighted by molar-refractivity contribution is -0.118. The molecule has 0 radical (unpaired) electrons. The molecule has 3 aliphatic rings. The van der Waals surface area contributed by atoms with E-state index in [9.17, 15) is 4.79 Å². The van der Waals surface area contributed by atoms with Gasteiger partial charge in [-0.05, 0) is 25.5 Å². The zero-order valence-corrected chi connectivity index (χ0v) is 17.0. The maximum Gasteiger partial charge on any atom is 0.250 e. The Morgan fingerprint density at radius 2 is 2.14 bits per heavy atom. The molecule has 2 atom stereocenters. The first-order valence-corrected chi connectivity index (χ1v) is 10.5. The molecule has 3 heterocycles. The van der Waals surface area contributed by atoms with Gasteiger partial charge in [0.1, 0.15) is 6.61 Å². The van der Waals surface area contributed by atoms with Crippen LogP contribution in [-0.2, 0) is 14.3 Å². The highest BCUT2D eigenvalue weighted by Gasteiger charge is 2.32. The van der Waals surface area contributed by atoms with Crippen LogP contribution in [0.4, 0.5) is 0 Å². The third-order valence-electron chi connectivity index (χ3n) is 5.80. The van der Waals surface area contributed by atoms with Crippen molar-refractivity contribution in [3.63, 3.8) is 0 Å². The van der Waals surface area contributed by atoms with Gasteiger partial charge in [-0.25, -0.2) is 0 Å². The molecule has 7 heteroatoms. The van der Waals surface area contributed by atoms with Crippen LogP contribution in [0.2, 0.25) is 0 Å². The van der Waals surface area contributed by atoms with Gasteiger partial charge in [-0.1, -0.05) is 12.1 Å². The van der Waals surface area contributed by atoms with Crippen molar-refractivity contribution < 1.29 is 23.7 Å². The number of nitrogens with zero attached hydrogens (tertiary/aromatic N) is 1. The largest absolute Gasteiger partial charge is 0.490 e. The molecule has 1 aromatic rings. The lowest BCUT2D eigenvalue weighted by Crippen LogP contribution is -2.52. The number of nitrogens with one attached hydrogen (secondary N) is 1. The van der Waals surface area contributed by atoms with E-state index in [0.717, 1.165) is 51.5 Å². The summed E-state index contributed by atoms with van der Waals surface area (Å²) in [6, 6.07) is 6.01. The molecule has 0 bridgehead atoms. The molecule has 1 amide bonds. The number of morpholine rings is 1. The zero-order valence-electron chi connectivity index (χ0n) is 17.0. The molecule has 2 saturated heterocycles. The Hall–Kier alpha value is -2.09. The Morgan fingerprint density at radius 3 is 2.90 bits per heavy atom. The summed E-state index contributed by atoms with van der Waals surface area (Å²) in [5.41, 5.74) is 1.51. The number of hydrogen-bond acceptors (Lipinski definition) is 6. The van der Waals surface area contributed by atoms with Gasteiger partial charge in [0.05, 0.1) is 32.0 Å². The fourth-order valence-corrected chi connectivity index (χ4v) is 4.25. The Labute approximate surface area is 171 Å². The van der Waals surface area contributed by atoms with Crippen molar-refractivity contribution in [2.24, 2.45) is 5.92 Å². The normalized spacial score (nSPS) is 22.9. The van der Waals surface area contributed by atoms with Crippen LogP contribution in [0.3, 0.4) is 0 Å². The topological polar surface area (TPSA) is 69.3 Å². The van der Waals surface area contributed by atoms with Gasteiger partial charge in [0.2, 0.25) is 0 Å². The molecule has 1 aromatic carbocycles. The summed E-state index contributed by atoms with van der Waals surface area (Å²) >= 11 is 0. The number of ether oxygens (including phenoxy) is 4. The average molecular weight is 402 g/mol. The van der Waals surface area contributed by atoms with Crippen molar-refractivity contribution in [1.29, 1.82) is 0 Å². The number of para-hydroxylation sites is 1. The lowest BCUT2D eigenvalue weighted by Gasteiger charge is -2.37. The third-order valence-corrected chi connectivity index (χ3v) is 5.80. The Bertz CT molecular complexity index is 739. The highest BCUT2D eigenvalue weighted by atomic mass is 16.5. The first kappa shape index (κ1) is 20.2. The van der Waals surface area contributed by atoms with Gasteiger partial charge in [-0.2, -0.15) is 0 Å². The summed E-state index contributed by atoms with van der Waals surface area (Å²) in [6.45, 7) is 8.23. The molecule has 0 aliphatic carbocycles. The maximum atomic E-state index is 12.9. The number of fused-ring (bicyclic) bond motifs is 1. The predicted octanol–water partition coefficient (Wildman–Crippen LogP) is 1.71. The SMILES string of the molecule is CCOc1cccc2c1OCC(C(=O)NCC(C1CCOC1)N1CCOCC1)=C2. The molecular weight excluding hydrogens is 372 g/mol. The second-order valence-electron chi connectivity index (χ2n) is 7.62. The van der Waals surface area contributed by atoms with Crippen LogP contribution in [0.15, 0.2) is 23.8 Å². The summed E-state index contributed by atoms with van der Waals surface area (Å²) in [6.07, 6.45) is 2.94. The highest BCUT2D eigenvalue weighted by molar-refractivity contribution is 5.99. The Morgan fingerprint density at radius 1 is 1.28 bits per heavy atom. The molecule has 7 nitrogen and oxygen atoms in total. The van der Waals surface area contributed by atoms with E-state index in [2.05, 4.69) is 10.2 Å². The quantitative estimate of drug-likeness (QED) is 0.749. The molecule has 29 heavy (non-hydrogen) atoms. The van der Waals surface area contributed by atoms with E-state index in [-0.39, 0.29) is 18.6 Å². The van der Waals surface area contributed by atoms with Crippen LogP contribution in [0, 0.1) is 5.92 Å². The molecule has 0 saturated carbocycles. The summed E-state index contributed by atoms with van der Waals surface area (Å²) in [7, 11) is 0. The van der Waals surface area contributed by atoms with E-state index in [0.29, 0.717) is 36.1 Å². The van der Waals surface area contributed by atoms with Gasteiger partial charge in [0, 0.05) is 43.8 Å². The van der Waals surface area contributed by atoms with Crippen molar-refractivity contribution in [3.05, 3.63) is 29.3 Å². The minimum Gasteiger partial charge on any atom is -0.490 e. The molecule has 0 spiro atoms. The molecule has 1 N–H and O–H groups in total. The number of hydrogen-bond donors (Lipinski definition) is 1. The van der Waals surface area contributed by atoms with Crippen molar-refractivity contribution in [3.8, 4) is 11.5 Å². The van der Waals surface area contributed by atoms with E-state index in [1.54, 1.807) is 0 Å². The number of amides is 1. The highest BCUT2D eigenvalue weighted by Crippen LogP contribution is 2.35. The smallest absolute Gasteiger partial charge is 0.250 e. The lowest BCUT2D eigenvalue weighted by atomic mass is 9.96. The second-order valence-corrected chi connectivity index (χ2v) is 7.62. The molecule has 3 aliphatic heterocycles. The molecule has 158 valence electrons. The maximum absolute atomic E-state index is 12.9.